The summed E-state index contributed by atoms with van der Waals surface area (Å²) in [5.74, 6) is 2.17. The Labute approximate surface area is 101 Å². The van der Waals surface area contributed by atoms with Crippen molar-refractivity contribution in [1.29, 1.82) is 0 Å². The van der Waals surface area contributed by atoms with Gasteiger partial charge in [0.15, 0.2) is 6.17 Å². The number of terminal acetylenes is 1. The van der Waals surface area contributed by atoms with Gasteiger partial charge in [-0.1, -0.05) is 5.92 Å². The van der Waals surface area contributed by atoms with Crippen molar-refractivity contribution in [2.24, 2.45) is 0 Å². The molecule has 18 heavy (non-hydrogen) atoms. The quantitative estimate of drug-likeness (QED) is 0.581. The third-order valence-corrected chi connectivity index (χ3v) is 2.74. The summed E-state index contributed by atoms with van der Waals surface area (Å²) in [5.41, 5.74) is -0.486. The predicted octanol–water partition coefficient (Wildman–Crippen LogP) is -1.12. The molecule has 1 aliphatic rings. The molecule has 6 nitrogen and oxygen atoms in total. The molecule has 1 aromatic heterocycles. The molecule has 96 valence electrons. The molecule has 1 unspecified atom stereocenters. The zero-order valence-electron chi connectivity index (χ0n) is 9.21. The van der Waals surface area contributed by atoms with Crippen LogP contribution >= 0.6 is 0 Å². The van der Waals surface area contributed by atoms with Crippen molar-refractivity contribution in [2.45, 2.75) is 24.5 Å². The van der Waals surface area contributed by atoms with E-state index in [9.17, 15) is 14.3 Å². The number of ether oxygens (including phenoxy) is 1. The highest BCUT2D eigenvalue weighted by atomic mass is 19.1. The summed E-state index contributed by atoms with van der Waals surface area (Å²) in [6.45, 7) is -0.521. The second-order valence-electron chi connectivity index (χ2n) is 3.86. The Kier molecular flexibility index (Phi) is 3.43. The molecular formula is C11H11FN2O4. The van der Waals surface area contributed by atoms with E-state index in [-0.39, 0.29) is 11.4 Å². The lowest BCUT2D eigenvalue weighted by molar-refractivity contribution is -0.0238. The standard InChI is InChI=1S/C11H11FN2O4/c1-2-5-9(13-3-7(16)14-5)11-8(12)10(17)6(4-15)18-11/h1,3,6,8,10-11,15,17H,4H2,(H,14,16)/t6-,8+,10?,11-/m1/s1. The van der Waals surface area contributed by atoms with E-state index < -0.39 is 36.6 Å². The number of nitrogens with zero attached hydrogens (tertiary/aromatic N) is 1. The third-order valence-electron chi connectivity index (χ3n) is 2.74. The molecule has 3 N–H and O–H groups in total. The van der Waals surface area contributed by atoms with E-state index in [0.717, 1.165) is 6.20 Å². The molecule has 1 aromatic rings. The van der Waals surface area contributed by atoms with Crippen LogP contribution < -0.4 is 5.56 Å². The molecule has 0 bridgehead atoms. The first-order chi connectivity index (χ1) is 8.58. The molecule has 2 rings (SSSR count). The number of aromatic nitrogens is 2. The summed E-state index contributed by atoms with van der Waals surface area (Å²) < 4.78 is 19.0. The van der Waals surface area contributed by atoms with E-state index in [2.05, 4.69) is 15.9 Å². The fourth-order valence-electron chi connectivity index (χ4n) is 1.83. The van der Waals surface area contributed by atoms with Crippen molar-refractivity contribution in [3.63, 3.8) is 0 Å². The second-order valence-corrected chi connectivity index (χ2v) is 3.86. The lowest BCUT2D eigenvalue weighted by Gasteiger charge is -2.13. The maximum Gasteiger partial charge on any atom is 0.267 e. The van der Waals surface area contributed by atoms with E-state index in [1.54, 1.807) is 0 Å². The fourth-order valence-corrected chi connectivity index (χ4v) is 1.83. The van der Waals surface area contributed by atoms with Crippen molar-refractivity contribution in [3.05, 3.63) is 27.9 Å². The van der Waals surface area contributed by atoms with Crippen molar-refractivity contribution in [1.82, 2.24) is 9.97 Å². The largest absolute Gasteiger partial charge is 0.394 e. The highest BCUT2D eigenvalue weighted by Gasteiger charge is 2.46. The predicted molar refractivity (Wildman–Crippen MR) is 58.4 cm³/mol. The normalized spacial score (nSPS) is 31.2. The Balaban J connectivity index is 2.39. The molecule has 2 heterocycles. The zero-order chi connectivity index (χ0) is 13.3. The van der Waals surface area contributed by atoms with Gasteiger partial charge in [0.1, 0.15) is 29.7 Å². The van der Waals surface area contributed by atoms with Crippen molar-refractivity contribution in [2.75, 3.05) is 6.61 Å². The van der Waals surface area contributed by atoms with Crippen LogP contribution in [0.5, 0.6) is 0 Å². The smallest absolute Gasteiger partial charge is 0.267 e. The first-order valence-electron chi connectivity index (χ1n) is 5.22. The van der Waals surface area contributed by atoms with Gasteiger partial charge in [-0.05, 0) is 0 Å². The third kappa shape index (κ3) is 2.01. The summed E-state index contributed by atoms with van der Waals surface area (Å²) in [6.07, 6.45) is 0.658. The van der Waals surface area contributed by atoms with Crippen molar-refractivity contribution in [3.8, 4) is 12.3 Å². The van der Waals surface area contributed by atoms with Gasteiger partial charge in [0.05, 0.1) is 12.8 Å². The van der Waals surface area contributed by atoms with E-state index in [0.29, 0.717) is 0 Å². The minimum atomic E-state index is -1.77. The molecule has 0 aliphatic carbocycles. The molecule has 0 radical (unpaired) electrons. The molecule has 4 atom stereocenters. The van der Waals surface area contributed by atoms with E-state index in [1.165, 1.54) is 0 Å². The molecule has 1 fully saturated rings. The number of hydrogen-bond acceptors (Lipinski definition) is 5. The highest BCUT2D eigenvalue weighted by molar-refractivity contribution is 5.31. The number of hydrogen-bond donors (Lipinski definition) is 3. The number of alkyl halides is 1. The molecule has 1 aliphatic heterocycles. The minimum absolute atomic E-state index is 0.000870. The Hall–Kier alpha value is -1.75. The SMILES string of the molecule is C#Cc1[nH]c(=O)cnc1[C@@H]1O[C@H](CO)C(O)[C@@H]1F. The molecule has 1 saturated heterocycles. The van der Waals surface area contributed by atoms with Gasteiger partial charge in [-0.25, -0.2) is 9.37 Å². The number of nitrogens with one attached hydrogen (secondary N) is 1. The minimum Gasteiger partial charge on any atom is -0.394 e. The Bertz CT molecular complexity index is 539. The van der Waals surface area contributed by atoms with Gasteiger partial charge in [-0.3, -0.25) is 4.79 Å². The van der Waals surface area contributed by atoms with Crippen molar-refractivity contribution < 1.29 is 19.3 Å². The highest BCUT2D eigenvalue weighted by Crippen LogP contribution is 2.35. The summed E-state index contributed by atoms with van der Waals surface area (Å²) in [4.78, 5) is 17.1. The molecule has 0 spiro atoms. The summed E-state index contributed by atoms with van der Waals surface area (Å²) in [7, 11) is 0. The summed E-state index contributed by atoms with van der Waals surface area (Å²) >= 11 is 0. The van der Waals surface area contributed by atoms with Gasteiger partial charge >= 0.3 is 0 Å². The first kappa shape index (κ1) is 12.7. The molecule has 0 amide bonds. The topological polar surface area (TPSA) is 95.4 Å². The second kappa shape index (κ2) is 4.86. The maximum atomic E-state index is 13.8. The number of aliphatic hydroxyl groups excluding tert-OH is 2. The van der Waals surface area contributed by atoms with E-state index in [1.807, 2.05) is 0 Å². The molecule has 0 saturated carbocycles. The van der Waals surface area contributed by atoms with Gasteiger partial charge in [-0.15, -0.1) is 6.42 Å². The van der Waals surface area contributed by atoms with Crippen LogP contribution in [-0.2, 0) is 4.74 Å². The van der Waals surface area contributed by atoms with Crippen molar-refractivity contribution >= 4 is 0 Å². The van der Waals surface area contributed by atoms with Crippen LogP contribution in [0.1, 0.15) is 17.5 Å². The van der Waals surface area contributed by atoms with Gasteiger partial charge in [0.25, 0.3) is 5.56 Å². The summed E-state index contributed by atoms with van der Waals surface area (Å²) in [5, 5.41) is 18.4. The molecule has 0 aromatic carbocycles. The number of rotatable bonds is 2. The zero-order valence-corrected chi connectivity index (χ0v) is 9.21. The number of aliphatic hydroxyl groups is 2. The van der Waals surface area contributed by atoms with E-state index >= 15 is 0 Å². The lowest BCUT2D eigenvalue weighted by atomic mass is 10.1. The van der Waals surface area contributed by atoms with Gasteiger partial charge in [0.2, 0.25) is 0 Å². The van der Waals surface area contributed by atoms with Gasteiger partial charge in [0, 0.05) is 0 Å². The van der Waals surface area contributed by atoms with Crippen LogP contribution in [-0.4, -0.2) is 45.2 Å². The monoisotopic (exact) mass is 254 g/mol. The fraction of sp³-hybridized carbons (Fsp3) is 0.455. The Morgan fingerprint density at radius 3 is 2.94 bits per heavy atom. The van der Waals surface area contributed by atoms with Crippen LogP contribution in [0.2, 0.25) is 0 Å². The summed E-state index contributed by atoms with van der Waals surface area (Å²) in [6, 6.07) is 0. The lowest BCUT2D eigenvalue weighted by Crippen LogP contribution is -2.30. The van der Waals surface area contributed by atoms with Crippen LogP contribution in [0.4, 0.5) is 4.39 Å². The van der Waals surface area contributed by atoms with Crippen LogP contribution in [0.25, 0.3) is 0 Å². The first-order valence-corrected chi connectivity index (χ1v) is 5.22. The molecular weight excluding hydrogens is 243 g/mol. The van der Waals surface area contributed by atoms with Crippen LogP contribution in [0.3, 0.4) is 0 Å². The van der Waals surface area contributed by atoms with Crippen LogP contribution in [0.15, 0.2) is 11.0 Å². The molecule has 7 heteroatoms. The number of H-pyrrole nitrogens is 1. The average Bonchev–Trinajstić information content (AvgIpc) is 2.66. The van der Waals surface area contributed by atoms with Gasteiger partial charge in [-0.2, -0.15) is 0 Å². The Morgan fingerprint density at radius 2 is 2.39 bits per heavy atom. The number of aromatic amines is 1. The number of halogens is 1. The van der Waals surface area contributed by atoms with E-state index in [4.69, 9.17) is 16.3 Å². The average molecular weight is 254 g/mol. The Morgan fingerprint density at radius 1 is 1.67 bits per heavy atom. The van der Waals surface area contributed by atoms with Gasteiger partial charge < -0.3 is 19.9 Å². The van der Waals surface area contributed by atoms with Crippen LogP contribution in [0, 0.1) is 12.3 Å². The maximum absolute atomic E-state index is 13.8.